The zero-order chi connectivity index (χ0) is 19.3. The molecule has 1 aromatic carbocycles. The Bertz CT molecular complexity index is 935. The number of amides is 1. The predicted octanol–water partition coefficient (Wildman–Crippen LogP) is 3.93. The Morgan fingerprint density at radius 3 is 2.86 bits per heavy atom. The number of nitrogens with zero attached hydrogens (tertiary/aromatic N) is 4. The van der Waals surface area contributed by atoms with Crippen LogP contribution in [0.3, 0.4) is 0 Å². The van der Waals surface area contributed by atoms with Crippen molar-refractivity contribution in [3.05, 3.63) is 60.0 Å². The minimum Gasteiger partial charge on any atom is -0.494 e. The SMILES string of the molecule is CCCCOc1ccc(C(=O)N2CCC[C@H](c3nnc4ccccn34)C2)cc1. The molecule has 6 heteroatoms. The molecule has 146 valence electrons. The lowest BCUT2D eigenvalue weighted by molar-refractivity contribution is 0.0704. The molecule has 1 aliphatic heterocycles. The van der Waals surface area contributed by atoms with E-state index in [1.807, 2.05) is 58.0 Å². The Balaban J connectivity index is 1.44. The number of pyridine rings is 1. The van der Waals surface area contributed by atoms with E-state index in [4.69, 9.17) is 4.74 Å². The van der Waals surface area contributed by atoms with Gasteiger partial charge in [-0.25, -0.2) is 0 Å². The van der Waals surface area contributed by atoms with Crippen molar-refractivity contribution in [1.82, 2.24) is 19.5 Å². The molecule has 2 aromatic heterocycles. The normalized spacial score (nSPS) is 17.0. The summed E-state index contributed by atoms with van der Waals surface area (Å²) in [7, 11) is 0. The van der Waals surface area contributed by atoms with Gasteiger partial charge in [0.15, 0.2) is 5.65 Å². The Hall–Kier alpha value is -2.89. The van der Waals surface area contributed by atoms with Gasteiger partial charge in [-0.3, -0.25) is 9.20 Å². The van der Waals surface area contributed by atoms with E-state index in [0.717, 1.165) is 49.4 Å². The molecule has 1 amide bonds. The molecule has 1 saturated heterocycles. The van der Waals surface area contributed by atoms with Crippen LogP contribution in [0, 0.1) is 0 Å². The van der Waals surface area contributed by atoms with Gasteiger partial charge in [-0.15, -0.1) is 10.2 Å². The maximum Gasteiger partial charge on any atom is 0.253 e. The molecule has 4 rings (SSSR count). The van der Waals surface area contributed by atoms with Gasteiger partial charge in [-0.1, -0.05) is 19.4 Å². The molecule has 0 saturated carbocycles. The molecule has 1 atom stereocenters. The molecule has 3 aromatic rings. The van der Waals surface area contributed by atoms with Gasteiger partial charge in [0.05, 0.1) is 6.61 Å². The number of hydrogen-bond acceptors (Lipinski definition) is 4. The molecule has 0 unspecified atom stereocenters. The van der Waals surface area contributed by atoms with Gasteiger partial charge < -0.3 is 9.64 Å². The fraction of sp³-hybridized carbons (Fsp3) is 0.409. The van der Waals surface area contributed by atoms with Crippen molar-refractivity contribution in [1.29, 1.82) is 0 Å². The summed E-state index contributed by atoms with van der Waals surface area (Å²) in [5.74, 6) is 2.02. The largest absolute Gasteiger partial charge is 0.494 e. The summed E-state index contributed by atoms with van der Waals surface area (Å²) in [6.45, 7) is 4.30. The Labute approximate surface area is 165 Å². The summed E-state index contributed by atoms with van der Waals surface area (Å²) >= 11 is 0. The van der Waals surface area contributed by atoms with Crippen molar-refractivity contribution >= 4 is 11.6 Å². The van der Waals surface area contributed by atoms with E-state index in [1.54, 1.807) is 0 Å². The highest BCUT2D eigenvalue weighted by Gasteiger charge is 2.28. The second kappa shape index (κ2) is 8.42. The highest BCUT2D eigenvalue weighted by atomic mass is 16.5. The number of ether oxygens (including phenoxy) is 1. The molecule has 3 heterocycles. The van der Waals surface area contributed by atoms with Crippen molar-refractivity contribution in [2.24, 2.45) is 0 Å². The van der Waals surface area contributed by atoms with Gasteiger partial charge in [-0.2, -0.15) is 0 Å². The average Bonchev–Trinajstić information content (AvgIpc) is 3.18. The number of aromatic nitrogens is 3. The Morgan fingerprint density at radius 1 is 1.18 bits per heavy atom. The molecule has 1 fully saturated rings. The minimum absolute atomic E-state index is 0.0682. The molecule has 1 aliphatic rings. The first-order valence-corrected chi connectivity index (χ1v) is 10.1. The third-order valence-corrected chi connectivity index (χ3v) is 5.28. The lowest BCUT2D eigenvalue weighted by atomic mass is 9.96. The molecule has 0 bridgehead atoms. The average molecular weight is 378 g/mol. The molecule has 0 radical (unpaired) electrons. The number of likely N-dealkylation sites (tertiary alicyclic amines) is 1. The van der Waals surface area contributed by atoms with Crippen LogP contribution in [0.1, 0.15) is 54.7 Å². The van der Waals surface area contributed by atoms with Crippen LogP contribution in [-0.4, -0.2) is 45.1 Å². The maximum absolute atomic E-state index is 13.0. The summed E-state index contributed by atoms with van der Waals surface area (Å²) in [5.41, 5.74) is 1.55. The van der Waals surface area contributed by atoms with Crippen molar-refractivity contribution in [2.75, 3.05) is 19.7 Å². The van der Waals surface area contributed by atoms with Crippen molar-refractivity contribution in [2.45, 2.75) is 38.5 Å². The molecule has 6 nitrogen and oxygen atoms in total. The first-order valence-electron chi connectivity index (χ1n) is 10.1. The first kappa shape index (κ1) is 18.5. The quantitative estimate of drug-likeness (QED) is 0.610. The van der Waals surface area contributed by atoms with E-state index in [1.165, 1.54) is 0 Å². The first-order chi connectivity index (χ1) is 13.8. The smallest absolute Gasteiger partial charge is 0.253 e. The van der Waals surface area contributed by atoms with Crippen LogP contribution < -0.4 is 4.74 Å². The number of unbranched alkanes of at least 4 members (excludes halogenated alkanes) is 1. The van der Waals surface area contributed by atoms with E-state index >= 15 is 0 Å². The summed E-state index contributed by atoms with van der Waals surface area (Å²) < 4.78 is 7.72. The Kier molecular flexibility index (Phi) is 5.55. The van der Waals surface area contributed by atoms with E-state index in [2.05, 4.69) is 17.1 Å². The van der Waals surface area contributed by atoms with Gasteiger partial charge in [0.1, 0.15) is 11.6 Å². The van der Waals surface area contributed by atoms with Gasteiger partial charge in [0, 0.05) is 30.8 Å². The second-order valence-corrected chi connectivity index (χ2v) is 7.30. The van der Waals surface area contributed by atoms with E-state index in [0.29, 0.717) is 18.7 Å². The van der Waals surface area contributed by atoms with Crippen LogP contribution in [0.25, 0.3) is 5.65 Å². The molecular weight excluding hydrogens is 352 g/mol. The highest BCUT2D eigenvalue weighted by molar-refractivity contribution is 5.94. The third kappa shape index (κ3) is 3.86. The van der Waals surface area contributed by atoms with Crippen LogP contribution in [0.15, 0.2) is 48.7 Å². The van der Waals surface area contributed by atoms with E-state index < -0.39 is 0 Å². The zero-order valence-electron chi connectivity index (χ0n) is 16.3. The van der Waals surface area contributed by atoms with Crippen molar-refractivity contribution < 1.29 is 9.53 Å². The lowest BCUT2D eigenvalue weighted by Crippen LogP contribution is -2.39. The van der Waals surface area contributed by atoms with Gasteiger partial charge in [-0.05, 0) is 55.7 Å². The predicted molar refractivity (Wildman–Crippen MR) is 108 cm³/mol. The fourth-order valence-electron chi connectivity index (χ4n) is 3.72. The molecular formula is C22H26N4O2. The van der Waals surface area contributed by atoms with Crippen molar-refractivity contribution in [3.63, 3.8) is 0 Å². The topological polar surface area (TPSA) is 59.7 Å². The summed E-state index contributed by atoms with van der Waals surface area (Å²) in [6.07, 6.45) is 6.12. The van der Waals surface area contributed by atoms with Crippen LogP contribution in [0.2, 0.25) is 0 Å². The van der Waals surface area contributed by atoms with Crippen LogP contribution >= 0.6 is 0 Å². The number of carbonyl (C=O) groups excluding carboxylic acids is 1. The second-order valence-electron chi connectivity index (χ2n) is 7.30. The number of piperidine rings is 1. The number of benzene rings is 1. The molecule has 0 aliphatic carbocycles. The molecule has 0 N–H and O–H groups in total. The summed E-state index contributed by atoms with van der Waals surface area (Å²) in [4.78, 5) is 14.9. The maximum atomic E-state index is 13.0. The van der Waals surface area contributed by atoms with Gasteiger partial charge in [0.2, 0.25) is 0 Å². The monoisotopic (exact) mass is 378 g/mol. The number of hydrogen-bond donors (Lipinski definition) is 0. The van der Waals surface area contributed by atoms with Crippen LogP contribution in [0.5, 0.6) is 5.75 Å². The summed E-state index contributed by atoms with van der Waals surface area (Å²) in [6, 6.07) is 13.4. The fourth-order valence-corrected chi connectivity index (χ4v) is 3.72. The minimum atomic E-state index is 0.0682. The molecule has 28 heavy (non-hydrogen) atoms. The number of carbonyl (C=O) groups is 1. The van der Waals surface area contributed by atoms with Crippen molar-refractivity contribution in [3.8, 4) is 5.75 Å². The molecule has 0 spiro atoms. The zero-order valence-corrected chi connectivity index (χ0v) is 16.3. The van der Waals surface area contributed by atoms with Gasteiger partial charge in [0.25, 0.3) is 5.91 Å². The Morgan fingerprint density at radius 2 is 2.04 bits per heavy atom. The van der Waals surface area contributed by atoms with E-state index in [9.17, 15) is 4.79 Å². The lowest BCUT2D eigenvalue weighted by Gasteiger charge is -2.32. The van der Waals surface area contributed by atoms with Crippen LogP contribution in [0.4, 0.5) is 0 Å². The highest BCUT2D eigenvalue weighted by Crippen LogP contribution is 2.27. The third-order valence-electron chi connectivity index (χ3n) is 5.28. The number of rotatable bonds is 6. The van der Waals surface area contributed by atoms with Gasteiger partial charge >= 0.3 is 0 Å². The standard InChI is InChI=1S/C22H26N4O2/c1-2-3-15-28-19-11-9-17(10-12-19)22(27)25-13-6-7-18(16-25)21-24-23-20-8-4-5-14-26(20)21/h4-5,8-12,14,18H,2-3,6-7,13,15-16H2,1H3/t18-/m0/s1. The number of fused-ring (bicyclic) bond motifs is 1. The summed E-state index contributed by atoms with van der Waals surface area (Å²) in [5, 5.41) is 8.65. The van der Waals surface area contributed by atoms with Crippen LogP contribution in [-0.2, 0) is 0 Å². The van der Waals surface area contributed by atoms with E-state index in [-0.39, 0.29) is 11.8 Å².